The van der Waals surface area contributed by atoms with E-state index < -0.39 is 17.6 Å². The van der Waals surface area contributed by atoms with E-state index in [1.54, 1.807) is 6.07 Å². The Morgan fingerprint density at radius 3 is 2.82 bits per heavy atom. The van der Waals surface area contributed by atoms with Gasteiger partial charge in [0.1, 0.15) is 11.6 Å². The Kier molecular flexibility index (Phi) is 4.92. The molecule has 0 saturated heterocycles. The Bertz CT molecular complexity index is 644. The Balaban J connectivity index is 1.83. The van der Waals surface area contributed by atoms with E-state index in [9.17, 15) is 18.0 Å². The normalized spacial score (nSPS) is 11.3. The molecule has 0 spiro atoms. The average Bonchev–Trinajstić information content (AvgIpc) is 2.97. The molecule has 5 nitrogen and oxygen atoms in total. The minimum absolute atomic E-state index is 0.00939. The van der Waals surface area contributed by atoms with E-state index in [0.29, 0.717) is 6.20 Å². The minimum atomic E-state index is -4.52. The third kappa shape index (κ3) is 4.14. The van der Waals surface area contributed by atoms with Gasteiger partial charge >= 0.3 is 6.18 Å². The number of hydrogen-bond donors (Lipinski definition) is 1. The summed E-state index contributed by atoms with van der Waals surface area (Å²) in [5, 5.41) is 2.24. The quantitative estimate of drug-likeness (QED) is 0.853. The van der Waals surface area contributed by atoms with Crippen molar-refractivity contribution in [1.82, 2.24) is 10.3 Å². The lowest BCUT2D eigenvalue weighted by Crippen LogP contribution is -2.27. The fourth-order valence-electron chi connectivity index (χ4n) is 1.49. The van der Waals surface area contributed by atoms with Crippen molar-refractivity contribution in [2.75, 3.05) is 13.2 Å². The summed E-state index contributed by atoms with van der Waals surface area (Å²) in [6, 6.07) is 3.78. The molecule has 0 atom stereocenters. The summed E-state index contributed by atoms with van der Waals surface area (Å²) in [5.74, 6) is -0.423. The van der Waals surface area contributed by atoms with Gasteiger partial charge in [-0.3, -0.25) is 4.79 Å². The first-order valence-corrected chi connectivity index (χ1v) is 6.43. The van der Waals surface area contributed by atoms with Gasteiger partial charge in [0, 0.05) is 6.20 Å². The topological polar surface area (TPSA) is 64.4 Å². The molecule has 0 aliphatic heterocycles. The van der Waals surface area contributed by atoms with Crippen LogP contribution in [-0.4, -0.2) is 24.0 Å². The van der Waals surface area contributed by atoms with Crippen molar-refractivity contribution in [2.24, 2.45) is 0 Å². The number of ether oxygens (including phenoxy) is 1. The first kappa shape index (κ1) is 16.2. The van der Waals surface area contributed by atoms with Gasteiger partial charge < -0.3 is 14.5 Å². The van der Waals surface area contributed by atoms with Crippen molar-refractivity contribution in [1.29, 1.82) is 0 Å². The smallest absolute Gasteiger partial charge is 0.417 e. The lowest BCUT2D eigenvalue weighted by Gasteiger charge is -2.10. The molecule has 1 amide bonds. The highest BCUT2D eigenvalue weighted by atomic mass is 35.5. The van der Waals surface area contributed by atoms with Crippen LogP contribution in [0.25, 0.3) is 0 Å². The van der Waals surface area contributed by atoms with Crippen LogP contribution in [0.4, 0.5) is 13.2 Å². The number of nitrogens with zero attached hydrogens (tertiary/aromatic N) is 1. The number of alkyl halides is 3. The number of amides is 1. The molecule has 0 bridgehead atoms. The minimum Gasteiger partial charge on any atom is -0.475 e. The number of hydrogen-bond acceptors (Lipinski definition) is 4. The fourth-order valence-corrected chi connectivity index (χ4v) is 1.71. The molecule has 0 radical (unpaired) electrons. The number of halogens is 4. The highest BCUT2D eigenvalue weighted by molar-refractivity contribution is 6.31. The summed E-state index contributed by atoms with van der Waals surface area (Å²) in [5.41, 5.74) is -0.962. The van der Waals surface area contributed by atoms with Gasteiger partial charge in [-0.1, -0.05) is 11.6 Å². The van der Waals surface area contributed by atoms with E-state index in [2.05, 4.69) is 10.3 Å². The van der Waals surface area contributed by atoms with Crippen LogP contribution in [0.3, 0.4) is 0 Å². The van der Waals surface area contributed by atoms with Gasteiger partial charge in [0.05, 0.1) is 18.4 Å². The Labute approximate surface area is 128 Å². The maximum absolute atomic E-state index is 12.4. The average molecular weight is 335 g/mol. The SMILES string of the molecule is O=C(NCCOc1ncc(C(F)(F)F)cc1Cl)c1ccco1. The molecule has 22 heavy (non-hydrogen) atoms. The summed E-state index contributed by atoms with van der Waals surface area (Å²) in [6.45, 7) is 0.100. The molecule has 2 aromatic rings. The molecular formula is C13H10ClF3N2O3. The van der Waals surface area contributed by atoms with E-state index >= 15 is 0 Å². The van der Waals surface area contributed by atoms with Crippen LogP contribution >= 0.6 is 11.6 Å². The molecular weight excluding hydrogens is 325 g/mol. The van der Waals surface area contributed by atoms with Crippen molar-refractivity contribution in [2.45, 2.75) is 6.18 Å². The second kappa shape index (κ2) is 6.69. The number of furan rings is 1. The van der Waals surface area contributed by atoms with E-state index in [1.807, 2.05) is 0 Å². The van der Waals surface area contributed by atoms with Gasteiger partial charge in [-0.05, 0) is 18.2 Å². The van der Waals surface area contributed by atoms with Crippen LogP contribution in [-0.2, 0) is 6.18 Å². The van der Waals surface area contributed by atoms with Gasteiger partial charge in [0.2, 0.25) is 5.88 Å². The molecule has 0 aliphatic rings. The van der Waals surface area contributed by atoms with Crippen LogP contribution in [0.15, 0.2) is 35.1 Å². The summed E-state index contributed by atoms with van der Waals surface area (Å²) < 4.78 is 47.3. The zero-order chi connectivity index (χ0) is 16.2. The van der Waals surface area contributed by atoms with Gasteiger partial charge in [-0.15, -0.1) is 0 Å². The number of aromatic nitrogens is 1. The lowest BCUT2D eigenvalue weighted by molar-refractivity contribution is -0.137. The van der Waals surface area contributed by atoms with Crippen molar-refractivity contribution >= 4 is 17.5 Å². The largest absolute Gasteiger partial charge is 0.475 e. The number of rotatable bonds is 5. The van der Waals surface area contributed by atoms with Crippen LogP contribution in [0.2, 0.25) is 5.02 Å². The van der Waals surface area contributed by atoms with E-state index in [-0.39, 0.29) is 29.8 Å². The van der Waals surface area contributed by atoms with Crippen LogP contribution in [0, 0.1) is 0 Å². The highest BCUT2D eigenvalue weighted by Gasteiger charge is 2.31. The second-order valence-corrected chi connectivity index (χ2v) is 4.50. The van der Waals surface area contributed by atoms with Crippen molar-refractivity contribution in [3.8, 4) is 5.88 Å². The Morgan fingerprint density at radius 1 is 1.45 bits per heavy atom. The molecule has 0 fully saturated rings. The molecule has 0 saturated carbocycles. The van der Waals surface area contributed by atoms with Crippen molar-refractivity contribution < 1.29 is 27.1 Å². The molecule has 1 N–H and O–H groups in total. The van der Waals surface area contributed by atoms with Gasteiger partial charge in [0.25, 0.3) is 5.91 Å². The monoisotopic (exact) mass is 334 g/mol. The van der Waals surface area contributed by atoms with Crippen molar-refractivity contribution in [3.05, 3.63) is 47.0 Å². The maximum atomic E-state index is 12.4. The number of carbonyl (C=O) groups excluding carboxylic acids is 1. The summed E-state index contributed by atoms with van der Waals surface area (Å²) >= 11 is 5.67. The predicted octanol–water partition coefficient (Wildman–Crippen LogP) is 3.16. The molecule has 2 aromatic heterocycles. The third-order valence-corrected chi connectivity index (χ3v) is 2.78. The molecule has 0 unspecified atom stereocenters. The molecule has 118 valence electrons. The molecule has 0 aromatic carbocycles. The molecule has 2 heterocycles. The van der Waals surface area contributed by atoms with Crippen LogP contribution in [0.1, 0.15) is 16.1 Å². The zero-order valence-corrected chi connectivity index (χ0v) is 11.7. The van der Waals surface area contributed by atoms with Gasteiger partial charge in [-0.25, -0.2) is 4.98 Å². The van der Waals surface area contributed by atoms with Crippen molar-refractivity contribution in [3.63, 3.8) is 0 Å². The molecule has 2 rings (SSSR count). The summed E-state index contributed by atoms with van der Waals surface area (Å²) in [7, 11) is 0. The summed E-state index contributed by atoms with van der Waals surface area (Å²) in [4.78, 5) is 15.0. The summed E-state index contributed by atoms with van der Waals surface area (Å²) in [6.07, 6.45) is -2.54. The Morgan fingerprint density at radius 2 is 2.23 bits per heavy atom. The third-order valence-electron chi connectivity index (χ3n) is 2.51. The maximum Gasteiger partial charge on any atom is 0.417 e. The number of nitrogens with one attached hydrogen (secondary N) is 1. The van der Waals surface area contributed by atoms with Gasteiger partial charge in [0.15, 0.2) is 5.76 Å². The van der Waals surface area contributed by atoms with E-state index in [0.717, 1.165) is 6.07 Å². The lowest BCUT2D eigenvalue weighted by atomic mass is 10.3. The Hall–Kier alpha value is -2.22. The first-order valence-electron chi connectivity index (χ1n) is 6.05. The van der Waals surface area contributed by atoms with Crippen LogP contribution < -0.4 is 10.1 Å². The number of carbonyl (C=O) groups is 1. The highest BCUT2D eigenvalue weighted by Crippen LogP contribution is 2.32. The first-order chi connectivity index (χ1) is 10.4. The predicted molar refractivity (Wildman–Crippen MR) is 70.8 cm³/mol. The fraction of sp³-hybridized carbons (Fsp3) is 0.231. The van der Waals surface area contributed by atoms with E-state index in [4.69, 9.17) is 20.8 Å². The standard InChI is InChI=1S/C13H10ClF3N2O3/c14-9-6-8(13(15,16)17)7-19-12(9)22-5-3-18-11(20)10-2-1-4-21-10/h1-2,4,6-7H,3,5H2,(H,18,20). The van der Waals surface area contributed by atoms with Gasteiger partial charge in [-0.2, -0.15) is 13.2 Å². The molecule has 0 aliphatic carbocycles. The molecule has 9 heteroatoms. The number of pyridine rings is 1. The van der Waals surface area contributed by atoms with E-state index in [1.165, 1.54) is 12.3 Å². The van der Waals surface area contributed by atoms with Crippen LogP contribution in [0.5, 0.6) is 5.88 Å². The zero-order valence-electron chi connectivity index (χ0n) is 11.0. The second-order valence-electron chi connectivity index (χ2n) is 4.09.